The Morgan fingerprint density at radius 1 is 0.645 bits per heavy atom. The Hall–Kier alpha value is -1.10. The van der Waals surface area contributed by atoms with Crippen molar-refractivity contribution in [1.29, 1.82) is 0 Å². The number of Topliss-reactive ketones (excluding diaryl/α,β-unsaturated/α-hetero) is 1. The summed E-state index contributed by atoms with van der Waals surface area (Å²) in [5.41, 5.74) is 0. The fraction of sp³-hybridized carbons (Fsp3) is 0.909. The number of ether oxygens (including phenoxy) is 6. The highest BCUT2D eigenvalue weighted by atomic mass is 16.6. The van der Waals surface area contributed by atoms with Gasteiger partial charge in [0.2, 0.25) is 5.91 Å². The third-order valence-electron chi connectivity index (χ3n) is 4.34. The van der Waals surface area contributed by atoms with E-state index in [1.807, 2.05) is 27.7 Å². The Morgan fingerprint density at radius 2 is 1.03 bits per heavy atom. The molecule has 184 valence electrons. The van der Waals surface area contributed by atoms with Crippen LogP contribution >= 0.6 is 0 Å². The lowest BCUT2D eigenvalue weighted by Crippen LogP contribution is -2.31. The summed E-state index contributed by atoms with van der Waals surface area (Å²) in [6.45, 7) is 13.5. The smallest absolute Gasteiger partial charge is 0.222 e. The Labute approximate surface area is 187 Å². The van der Waals surface area contributed by atoms with Crippen molar-refractivity contribution >= 4 is 11.7 Å². The SMILES string of the molecule is CCC(C)C(=O)COCCOCCOCCOCCOCCOCCNC(=O)C(C)C. The monoisotopic (exact) mass is 449 g/mol. The lowest BCUT2D eigenvalue weighted by Gasteiger charge is -2.09. The minimum absolute atomic E-state index is 0.00901. The topological polar surface area (TPSA) is 102 Å². The van der Waals surface area contributed by atoms with Gasteiger partial charge in [-0.2, -0.15) is 0 Å². The van der Waals surface area contributed by atoms with Gasteiger partial charge in [-0.05, 0) is 6.42 Å². The average molecular weight is 450 g/mol. The molecule has 0 bridgehead atoms. The van der Waals surface area contributed by atoms with Crippen LogP contribution in [0.15, 0.2) is 0 Å². The van der Waals surface area contributed by atoms with Gasteiger partial charge in [-0.3, -0.25) is 9.59 Å². The van der Waals surface area contributed by atoms with E-state index in [-0.39, 0.29) is 30.1 Å². The number of rotatable bonds is 23. The number of carbonyl (C=O) groups is 2. The molecular weight excluding hydrogens is 406 g/mol. The zero-order valence-corrected chi connectivity index (χ0v) is 19.8. The molecule has 0 radical (unpaired) electrons. The molecule has 0 aromatic rings. The van der Waals surface area contributed by atoms with Crippen molar-refractivity contribution < 1.29 is 38.0 Å². The van der Waals surface area contributed by atoms with Crippen LogP contribution in [0, 0.1) is 11.8 Å². The van der Waals surface area contributed by atoms with Gasteiger partial charge >= 0.3 is 0 Å². The van der Waals surface area contributed by atoms with Gasteiger partial charge in [-0.1, -0.05) is 27.7 Å². The summed E-state index contributed by atoms with van der Waals surface area (Å²) in [6.07, 6.45) is 0.837. The highest BCUT2D eigenvalue weighted by Crippen LogP contribution is 2.01. The van der Waals surface area contributed by atoms with Crippen LogP contribution in [0.3, 0.4) is 0 Å². The van der Waals surface area contributed by atoms with E-state index in [9.17, 15) is 9.59 Å². The van der Waals surface area contributed by atoms with Crippen LogP contribution < -0.4 is 5.32 Å². The Kier molecular flexibility index (Phi) is 21.3. The van der Waals surface area contributed by atoms with Crippen molar-refractivity contribution in [2.75, 3.05) is 85.8 Å². The second kappa shape index (κ2) is 22.1. The normalized spacial score (nSPS) is 12.3. The summed E-state index contributed by atoms with van der Waals surface area (Å²) >= 11 is 0. The van der Waals surface area contributed by atoms with E-state index in [4.69, 9.17) is 28.4 Å². The zero-order valence-electron chi connectivity index (χ0n) is 19.8. The molecule has 1 atom stereocenters. The molecular formula is C22H43NO8. The summed E-state index contributed by atoms with van der Waals surface area (Å²) in [6, 6.07) is 0. The largest absolute Gasteiger partial charge is 0.377 e. The molecule has 31 heavy (non-hydrogen) atoms. The van der Waals surface area contributed by atoms with Gasteiger partial charge in [0, 0.05) is 18.4 Å². The molecule has 1 N–H and O–H groups in total. The molecule has 0 aliphatic rings. The van der Waals surface area contributed by atoms with Crippen LogP contribution in [-0.2, 0) is 38.0 Å². The molecule has 9 nitrogen and oxygen atoms in total. The second-order valence-electron chi connectivity index (χ2n) is 7.34. The minimum atomic E-state index is -0.00901. The predicted octanol–water partition coefficient (Wildman–Crippen LogP) is 1.47. The molecule has 0 saturated heterocycles. The number of hydrogen-bond acceptors (Lipinski definition) is 8. The molecule has 0 rings (SSSR count). The molecule has 1 amide bonds. The summed E-state index contributed by atoms with van der Waals surface area (Å²) < 4.78 is 32.2. The van der Waals surface area contributed by atoms with Crippen LogP contribution in [-0.4, -0.2) is 97.5 Å². The highest BCUT2D eigenvalue weighted by molar-refractivity contribution is 5.81. The molecule has 0 fully saturated rings. The van der Waals surface area contributed by atoms with Gasteiger partial charge in [-0.25, -0.2) is 0 Å². The maximum atomic E-state index is 11.6. The molecule has 0 aromatic heterocycles. The van der Waals surface area contributed by atoms with Crippen LogP contribution in [0.4, 0.5) is 0 Å². The summed E-state index contributed by atoms with van der Waals surface area (Å²) in [7, 11) is 0. The highest BCUT2D eigenvalue weighted by Gasteiger charge is 2.09. The summed E-state index contributed by atoms with van der Waals surface area (Å²) in [5.74, 6) is 0.210. The third-order valence-corrected chi connectivity index (χ3v) is 4.34. The van der Waals surface area contributed by atoms with Gasteiger partial charge in [0.05, 0.1) is 72.7 Å². The van der Waals surface area contributed by atoms with Gasteiger partial charge in [0.15, 0.2) is 5.78 Å². The van der Waals surface area contributed by atoms with E-state index in [1.165, 1.54) is 0 Å². The zero-order chi connectivity index (χ0) is 23.2. The van der Waals surface area contributed by atoms with Gasteiger partial charge < -0.3 is 33.7 Å². The molecule has 0 heterocycles. The van der Waals surface area contributed by atoms with Gasteiger partial charge in [0.25, 0.3) is 0 Å². The number of ketones is 1. The minimum Gasteiger partial charge on any atom is -0.377 e. The quantitative estimate of drug-likeness (QED) is 0.234. The van der Waals surface area contributed by atoms with E-state index in [1.54, 1.807) is 0 Å². The Balaban J connectivity index is 3.14. The van der Waals surface area contributed by atoms with Crippen molar-refractivity contribution in [3.63, 3.8) is 0 Å². The maximum absolute atomic E-state index is 11.6. The number of amides is 1. The van der Waals surface area contributed by atoms with E-state index in [2.05, 4.69) is 5.32 Å². The molecule has 0 aromatic carbocycles. The molecule has 0 aliphatic heterocycles. The van der Waals surface area contributed by atoms with Crippen molar-refractivity contribution in [2.45, 2.75) is 34.1 Å². The lowest BCUT2D eigenvalue weighted by molar-refractivity contribution is -0.127. The van der Waals surface area contributed by atoms with Crippen molar-refractivity contribution in [1.82, 2.24) is 5.32 Å². The molecule has 1 unspecified atom stereocenters. The standard InChI is InChI=1S/C22H43NO8/c1-5-20(4)21(24)18-31-17-16-30-15-14-29-13-12-28-11-10-27-9-8-26-7-6-23-22(25)19(2)3/h19-20H,5-18H2,1-4H3,(H,23,25). The first-order valence-electron chi connectivity index (χ1n) is 11.3. The maximum Gasteiger partial charge on any atom is 0.222 e. The number of hydrogen-bond donors (Lipinski definition) is 1. The Morgan fingerprint density at radius 3 is 1.42 bits per heavy atom. The summed E-state index contributed by atoms with van der Waals surface area (Å²) in [5, 5.41) is 2.78. The number of nitrogens with one attached hydrogen (secondary N) is 1. The first-order valence-corrected chi connectivity index (χ1v) is 11.3. The van der Waals surface area contributed by atoms with Crippen LogP contribution in [0.25, 0.3) is 0 Å². The van der Waals surface area contributed by atoms with E-state index < -0.39 is 0 Å². The number of carbonyl (C=O) groups excluding carboxylic acids is 2. The van der Waals surface area contributed by atoms with Crippen molar-refractivity contribution in [3.05, 3.63) is 0 Å². The van der Waals surface area contributed by atoms with Crippen molar-refractivity contribution in [2.24, 2.45) is 11.8 Å². The first-order chi connectivity index (χ1) is 15.0. The van der Waals surface area contributed by atoms with E-state index in [0.29, 0.717) is 79.2 Å². The molecule has 9 heteroatoms. The lowest BCUT2D eigenvalue weighted by atomic mass is 10.1. The average Bonchev–Trinajstić information content (AvgIpc) is 2.76. The fourth-order valence-corrected chi connectivity index (χ4v) is 2.09. The second-order valence-corrected chi connectivity index (χ2v) is 7.34. The molecule has 0 spiro atoms. The van der Waals surface area contributed by atoms with Crippen LogP contribution in [0.2, 0.25) is 0 Å². The van der Waals surface area contributed by atoms with Gasteiger partial charge in [0.1, 0.15) is 6.61 Å². The van der Waals surface area contributed by atoms with Crippen molar-refractivity contribution in [3.8, 4) is 0 Å². The summed E-state index contributed by atoms with van der Waals surface area (Å²) in [4.78, 5) is 22.9. The predicted molar refractivity (Wildman–Crippen MR) is 117 cm³/mol. The van der Waals surface area contributed by atoms with Crippen LogP contribution in [0.1, 0.15) is 34.1 Å². The van der Waals surface area contributed by atoms with Gasteiger partial charge in [-0.15, -0.1) is 0 Å². The molecule has 0 aliphatic carbocycles. The van der Waals surface area contributed by atoms with E-state index in [0.717, 1.165) is 6.42 Å². The van der Waals surface area contributed by atoms with Crippen LogP contribution in [0.5, 0.6) is 0 Å². The molecule has 0 saturated carbocycles. The fourth-order valence-electron chi connectivity index (χ4n) is 2.09. The Bertz CT molecular complexity index is 434. The first kappa shape index (κ1) is 29.9. The third kappa shape index (κ3) is 20.6. The van der Waals surface area contributed by atoms with E-state index >= 15 is 0 Å².